The van der Waals surface area contributed by atoms with Crippen molar-refractivity contribution in [2.45, 2.75) is 12.6 Å². The van der Waals surface area contributed by atoms with Crippen LogP contribution in [0.3, 0.4) is 0 Å². The highest BCUT2D eigenvalue weighted by molar-refractivity contribution is 9.10. The number of aromatic nitrogens is 2. The highest BCUT2D eigenvalue weighted by atomic mass is 79.9. The highest BCUT2D eigenvalue weighted by Gasteiger charge is 2.18. The SMILES string of the molecule is Cn1ccnc1COc1ccc(C(=O)NC(c2ccccc2)c2ccc(Br)cc2)cc1. The van der Waals surface area contributed by atoms with Crippen LogP contribution in [0.4, 0.5) is 0 Å². The summed E-state index contributed by atoms with van der Waals surface area (Å²) in [4.78, 5) is 17.2. The zero-order valence-corrected chi connectivity index (χ0v) is 18.6. The predicted molar refractivity (Wildman–Crippen MR) is 124 cm³/mol. The lowest BCUT2D eigenvalue weighted by atomic mass is 9.98. The zero-order valence-electron chi connectivity index (χ0n) is 17.0. The third-order valence-corrected chi connectivity index (χ3v) is 5.55. The van der Waals surface area contributed by atoms with E-state index in [1.807, 2.05) is 72.4 Å². The maximum absolute atomic E-state index is 13.0. The minimum Gasteiger partial charge on any atom is -0.486 e. The van der Waals surface area contributed by atoms with Crippen molar-refractivity contribution in [3.63, 3.8) is 0 Å². The number of benzene rings is 3. The molecule has 4 rings (SSSR count). The van der Waals surface area contributed by atoms with E-state index in [4.69, 9.17) is 4.74 Å². The monoisotopic (exact) mass is 475 g/mol. The third kappa shape index (κ3) is 5.22. The molecule has 0 aliphatic rings. The Morgan fingerprint density at radius 3 is 2.32 bits per heavy atom. The summed E-state index contributed by atoms with van der Waals surface area (Å²) in [5, 5.41) is 3.16. The molecule has 0 saturated heterocycles. The number of carbonyl (C=O) groups is 1. The van der Waals surface area contributed by atoms with Gasteiger partial charge in [0.05, 0.1) is 6.04 Å². The van der Waals surface area contributed by atoms with Crippen molar-refractivity contribution in [1.82, 2.24) is 14.9 Å². The normalized spacial score (nSPS) is 11.7. The summed E-state index contributed by atoms with van der Waals surface area (Å²) in [7, 11) is 1.92. The fourth-order valence-corrected chi connectivity index (χ4v) is 3.52. The van der Waals surface area contributed by atoms with Gasteiger partial charge >= 0.3 is 0 Å². The number of carbonyl (C=O) groups excluding carboxylic acids is 1. The predicted octanol–water partition coefficient (Wildman–Crippen LogP) is 5.28. The first-order chi connectivity index (χ1) is 15.1. The van der Waals surface area contributed by atoms with Gasteiger partial charge in [-0.15, -0.1) is 0 Å². The second kappa shape index (κ2) is 9.62. The van der Waals surface area contributed by atoms with Gasteiger partial charge in [0, 0.05) is 29.5 Å². The molecule has 1 unspecified atom stereocenters. The van der Waals surface area contributed by atoms with Crippen molar-refractivity contribution in [2.75, 3.05) is 0 Å². The van der Waals surface area contributed by atoms with E-state index in [2.05, 4.69) is 26.2 Å². The van der Waals surface area contributed by atoms with Crippen LogP contribution in [-0.2, 0) is 13.7 Å². The summed E-state index contributed by atoms with van der Waals surface area (Å²) in [6.45, 7) is 0.370. The lowest BCUT2D eigenvalue weighted by Gasteiger charge is -2.20. The molecular formula is C25H22BrN3O2. The topological polar surface area (TPSA) is 56.2 Å². The van der Waals surface area contributed by atoms with E-state index in [0.29, 0.717) is 17.9 Å². The molecule has 1 heterocycles. The Labute approximate surface area is 189 Å². The van der Waals surface area contributed by atoms with Crippen molar-refractivity contribution >= 4 is 21.8 Å². The van der Waals surface area contributed by atoms with Crippen LogP contribution in [-0.4, -0.2) is 15.5 Å². The minimum absolute atomic E-state index is 0.146. The third-order valence-electron chi connectivity index (χ3n) is 5.02. The lowest BCUT2D eigenvalue weighted by Crippen LogP contribution is -2.29. The van der Waals surface area contributed by atoms with Crippen LogP contribution in [0.1, 0.15) is 33.4 Å². The minimum atomic E-state index is -0.249. The maximum atomic E-state index is 13.0. The molecule has 0 saturated carbocycles. The Bertz CT molecular complexity index is 1140. The molecule has 1 amide bonds. The molecule has 1 aromatic heterocycles. The Morgan fingerprint density at radius 2 is 1.68 bits per heavy atom. The van der Waals surface area contributed by atoms with Gasteiger partial charge in [0.15, 0.2) is 0 Å². The van der Waals surface area contributed by atoms with Gasteiger partial charge in [-0.1, -0.05) is 58.4 Å². The molecule has 1 N–H and O–H groups in total. The van der Waals surface area contributed by atoms with Gasteiger partial charge < -0.3 is 14.6 Å². The Hall–Kier alpha value is -3.38. The molecule has 4 aromatic rings. The average molecular weight is 476 g/mol. The van der Waals surface area contributed by atoms with Crippen LogP contribution >= 0.6 is 15.9 Å². The molecule has 5 nitrogen and oxygen atoms in total. The Balaban J connectivity index is 1.48. The van der Waals surface area contributed by atoms with Gasteiger partial charge in [-0.25, -0.2) is 4.98 Å². The van der Waals surface area contributed by atoms with Crippen molar-refractivity contribution < 1.29 is 9.53 Å². The molecule has 3 aromatic carbocycles. The fourth-order valence-electron chi connectivity index (χ4n) is 3.26. The number of amides is 1. The van der Waals surface area contributed by atoms with Gasteiger partial charge in [0.25, 0.3) is 5.91 Å². The number of imidazole rings is 1. The van der Waals surface area contributed by atoms with Gasteiger partial charge in [0.1, 0.15) is 18.2 Å². The second-order valence-corrected chi connectivity index (χ2v) is 8.05. The standard InChI is InChI=1S/C25H22BrN3O2/c1-29-16-15-27-23(29)17-31-22-13-9-20(10-14-22)25(30)28-24(18-5-3-2-4-6-18)19-7-11-21(26)12-8-19/h2-16,24H,17H2,1H3,(H,28,30). The van der Waals surface area contributed by atoms with Crippen LogP contribution in [0, 0.1) is 0 Å². The van der Waals surface area contributed by atoms with Crippen LogP contribution in [0.5, 0.6) is 5.75 Å². The molecule has 0 fully saturated rings. The molecule has 0 radical (unpaired) electrons. The summed E-state index contributed by atoms with van der Waals surface area (Å²) in [6, 6.07) is 24.8. The molecule has 0 spiro atoms. The van der Waals surface area contributed by atoms with Crippen molar-refractivity contribution in [3.8, 4) is 5.75 Å². The van der Waals surface area contributed by atoms with E-state index in [1.165, 1.54) is 0 Å². The van der Waals surface area contributed by atoms with Gasteiger partial charge in [-0.2, -0.15) is 0 Å². The zero-order chi connectivity index (χ0) is 21.6. The summed E-state index contributed by atoms with van der Waals surface area (Å²) in [5.74, 6) is 1.38. The van der Waals surface area contributed by atoms with E-state index in [9.17, 15) is 4.79 Å². The highest BCUT2D eigenvalue weighted by Crippen LogP contribution is 2.24. The van der Waals surface area contributed by atoms with E-state index in [0.717, 1.165) is 21.4 Å². The van der Waals surface area contributed by atoms with Crippen molar-refractivity contribution in [3.05, 3.63) is 118 Å². The number of hydrogen-bond donors (Lipinski definition) is 1. The number of halogens is 1. The first-order valence-electron chi connectivity index (χ1n) is 9.90. The Kier molecular flexibility index (Phi) is 6.48. The molecule has 156 valence electrons. The number of aryl methyl sites for hydroxylation is 1. The molecule has 31 heavy (non-hydrogen) atoms. The summed E-state index contributed by atoms with van der Waals surface area (Å²) >= 11 is 3.47. The van der Waals surface area contributed by atoms with Gasteiger partial charge in [-0.05, 0) is 47.5 Å². The maximum Gasteiger partial charge on any atom is 0.252 e. The van der Waals surface area contributed by atoms with E-state index in [-0.39, 0.29) is 11.9 Å². The van der Waals surface area contributed by atoms with E-state index < -0.39 is 0 Å². The summed E-state index contributed by atoms with van der Waals surface area (Å²) in [5.41, 5.74) is 2.60. The summed E-state index contributed by atoms with van der Waals surface area (Å²) in [6.07, 6.45) is 3.61. The average Bonchev–Trinajstić information content (AvgIpc) is 3.22. The second-order valence-electron chi connectivity index (χ2n) is 7.14. The molecule has 6 heteroatoms. The lowest BCUT2D eigenvalue weighted by molar-refractivity contribution is 0.0943. The largest absolute Gasteiger partial charge is 0.486 e. The van der Waals surface area contributed by atoms with Crippen LogP contribution in [0.25, 0.3) is 0 Å². The number of nitrogens with one attached hydrogen (secondary N) is 1. The van der Waals surface area contributed by atoms with Gasteiger partial charge in [0.2, 0.25) is 0 Å². The molecule has 0 aliphatic heterocycles. The fraction of sp³-hybridized carbons (Fsp3) is 0.120. The van der Waals surface area contributed by atoms with Crippen molar-refractivity contribution in [2.24, 2.45) is 7.05 Å². The quantitative estimate of drug-likeness (QED) is 0.395. The van der Waals surface area contributed by atoms with Gasteiger partial charge in [-0.3, -0.25) is 4.79 Å². The molecule has 0 aliphatic carbocycles. The van der Waals surface area contributed by atoms with E-state index in [1.54, 1.807) is 30.5 Å². The number of ether oxygens (including phenoxy) is 1. The smallest absolute Gasteiger partial charge is 0.252 e. The molecular weight excluding hydrogens is 454 g/mol. The number of hydrogen-bond acceptors (Lipinski definition) is 3. The Morgan fingerprint density at radius 1 is 1.00 bits per heavy atom. The van der Waals surface area contributed by atoms with E-state index >= 15 is 0 Å². The first-order valence-corrected chi connectivity index (χ1v) is 10.7. The number of rotatable bonds is 7. The number of nitrogens with zero attached hydrogens (tertiary/aromatic N) is 2. The van der Waals surface area contributed by atoms with Crippen LogP contribution < -0.4 is 10.1 Å². The van der Waals surface area contributed by atoms with Crippen LogP contribution in [0.2, 0.25) is 0 Å². The first kappa shape index (κ1) is 20.9. The molecule has 1 atom stereocenters. The molecule has 0 bridgehead atoms. The van der Waals surface area contributed by atoms with Crippen LogP contribution in [0.15, 0.2) is 95.7 Å². The summed E-state index contributed by atoms with van der Waals surface area (Å²) < 4.78 is 8.68. The van der Waals surface area contributed by atoms with Crippen molar-refractivity contribution in [1.29, 1.82) is 0 Å².